The number of rotatable bonds is 27. The number of carbonyl (C=O) groups excluding carboxylic acids is 8. The van der Waals surface area contributed by atoms with Gasteiger partial charge in [-0.1, -0.05) is 120 Å². The molecule has 526 valence electrons. The third-order valence-electron chi connectivity index (χ3n) is 18.4. The molecular weight excluding hydrogens is 1280 g/mol. The SMILES string of the molecule is C=CCOC(=O)C[C@H](C(=O)N[C@@H](C)C(=O)Cc1ccc(COC(=O)CCC#Cc2cc(COc3cc4c(cc3C)C(=O)N3C=C(C)C[C@H]3[C@H](O[Si](C)(C)C(C)(C)C)N4C(=O)OCC=C)cc(COc3cc4c(cc3OC)C(=O)N3C=C(C)C[C@H]3[C@H](C)N4C(=O)OCC=C)c2)cc1)C(C)C. The molecule has 0 saturated carbocycles. The van der Waals surface area contributed by atoms with Crippen molar-refractivity contribution < 1.29 is 75.9 Å². The maximum Gasteiger partial charge on any atom is 0.416 e. The quantitative estimate of drug-likeness (QED) is 0.0192. The summed E-state index contributed by atoms with van der Waals surface area (Å²) in [5.41, 5.74) is 6.78. The molecule has 6 atom stereocenters. The second kappa shape index (κ2) is 32.8. The van der Waals surface area contributed by atoms with Crippen LogP contribution in [-0.2, 0) is 68.8 Å². The van der Waals surface area contributed by atoms with Gasteiger partial charge in [0, 0.05) is 42.9 Å². The molecule has 8 rings (SSSR count). The number of hydrogen-bond donors (Lipinski definition) is 1. The summed E-state index contributed by atoms with van der Waals surface area (Å²) in [5.74, 6) is 4.03. The Morgan fingerprint density at radius 2 is 1.21 bits per heavy atom. The third kappa shape index (κ3) is 18.1. The van der Waals surface area contributed by atoms with Crippen LogP contribution in [0.5, 0.6) is 17.2 Å². The summed E-state index contributed by atoms with van der Waals surface area (Å²) >= 11 is 0. The summed E-state index contributed by atoms with van der Waals surface area (Å²) in [6.07, 6.45) is 6.75. The van der Waals surface area contributed by atoms with Crippen molar-refractivity contribution in [3.8, 4) is 29.1 Å². The first-order valence-corrected chi connectivity index (χ1v) is 36.3. The molecule has 0 spiro atoms. The van der Waals surface area contributed by atoms with Gasteiger partial charge in [-0.2, -0.15) is 0 Å². The van der Waals surface area contributed by atoms with Crippen molar-refractivity contribution in [2.75, 3.05) is 36.7 Å². The lowest BCUT2D eigenvalue weighted by molar-refractivity contribution is -0.146. The molecule has 0 aliphatic carbocycles. The Morgan fingerprint density at radius 3 is 1.81 bits per heavy atom. The molecule has 0 saturated heterocycles. The molecule has 0 bridgehead atoms. The minimum absolute atomic E-state index is 0.0271. The number of nitrogens with one attached hydrogen (secondary N) is 1. The zero-order valence-electron chi connectivity index (χ0n) is 59.2. The van der Waals surface area contributed by atoms with Crippen LogP contribution < -0.4 is 29.3 Å². The van der Waals surface area contributed by atoms with E-state index in [0.717, 1.165) is 11.1 Å². The van der Waals surface area contributed by atoms with Crippen molar-refractivity contribution in [3.05, 3.63) is 173 Å². The number of aryl methyl sites for hydroxylation is 1. The molecule has 4 heterocycles. The molecule has 0 aromatic heterocycles. The number of ether oxygens (including phenoxy) is 7. The number of amides is 5. The number of carbonyl (C=O) groups is 8. The van der Waals surface area contributed by atoms with Gasteiger partial charge in [0.1, 0.15) is 45.4 Å². The normalized spacial score (nSPS) is 17.7. The first kappa shape index (κ1) is 75.1. The van der Waals surface area contributed by atoms with Crippen molar-refractivity contribution in [1.29, 1.82) is 0 Å². The summed E-state index contributed by atoms with van der Waals surface area (Å²) in [6, 6.07) is 16.9. The molecule has 5 amide bonds. The fourth-order valence-electron chi connectivity index (χ4n) is 12.0. The van der Waals surface area contributed by atoms with E-state index in [1.54, 1.807) is 65.3 Å². The number of benzene rings is 4. The van der Waals surface area contributed by atoms with Crippen molar-refractivity contribution in [2.24, 2.45) is 11.8 Å². The van der Waals surface area contributed by atoms with Crippen molar-refractivity contribution in [2.45, 2.75) is 176 Å². The van der Waals surface area contributed by atoms with Gasteiger partial charge in [0.05, 0.1) is 72.5 Å². The summed E-state index contributed by atoms with van der Waals surface area (Å²) in [6.45, 7) is 34.2. The Morgan fingerprint density at radius 1 is 0.667 bits per heavy atom. The van der Waals surface area contributed by atoms with Gasteiger partial charge >= 0.3 is 24.1 Å². The molecule has 4 aromatic carbocycles. The molecule has 4 aliphatic rings. The van der Waals surface area contributed by atoms with Crippen molar-refractivity contribution in [1.82, 2.24) is 15.1 Å². The Hall–Kier alpha value is -9.72. The van der Waals surface area contributed by atoms with Crippen LogP contribution in [0.3, 0.4) is 0 Å². The standard InChI is InChI=1S/C77H93N5O16Si/c1-17-28-92-70(85)39-58(47(4)5)71(86)78-51(9)65(83)37-53-24-26-54(27-25-53)44-97-69(84)23-21-20-22-55-34-56(36-57(35-55)46-96-68-41-62-60(38-67(68)91-14)73(88)79-42-48(6)31-61(79)52(10)81(62)75(89)93-29-18-2)45-95-66-40-63-59(33-50(66)8)72(87)80-43-49(7)32-64(80)74(82(63)76(90)94-30-19-3)98-99(15,16)77(11,12)13/h17-19,24-27,33-36,38,40-43,47,51-52,58,61,64,74H,1-3,21,23,28-32,37,39,44-46H2,4-16H3,(H,78,86)/t51-,52-,58-,61-,64-,74-/m0/s1. The van der Waals surface area contributed by atoms with E-state index in [1.165, 1.54) is 35.1 Å². The zero-order chi connectivity index (χ0) is 72.2. The molecule has 21 nitrogen and oxygen atoms in total. The largest absolute Gasteiger partial charge is 0.493 e. The van der Waals surface area contributed by atoms with Crippen LogP contribution in [0.1, 0.15) is 149 Å². The number of ketones is 1. The van der Waals surface area contributed by atoms with Gasteiger partial charge in [-0.15, -0.1) is 0 Å². The zero-order valence-corrected chi connectivity index (χ0v) is 60.2. The predicted molar refractivity (Wildman–Crippen MR) is 378 cm³/mol. The van der Waals surface area contributed by atoms with E-state index in [1.807, 2.05) is 72.1 Å². The van der Waals surface area contributed by atoms with Crippen LogP contribution >= 0.6 is 0 Å². The Kier molecular flexibility index (Phi) is 24.8. The molecule has 4 aromatic rings. The summed E-state index contributed by atoms with van der Waals surface area (Å²) in [5, 5.41) is 2.49. The second-order valence-electron chi connectivity index (χ2n) is 27.3. The van der Waals surface area contributed by atoms with Gasteiger partial charge in [-0.05, 0) is 130 Å². The summed E-state index contributed by atoms with van der Waals surface area (Å²) in [4.78, 5) is 116. The van der Waals surface area contributed by atoms with E-state index in [4.69, 9.17) is 37.6 Å². The van der Waals surface area contributed by atoms with Gasteiger partial charge in [-0.3, -0.25) is 33.7 Å². The highest BCUT2D eigenvalue weighted by molar-refractivity contribution is 6.74. The van der Waals surface area contributed by atoms with Gasteiger partial charge in [0.25, 0.3) is 11.8 Å². The number of anilines is 2. The number of esters is 2. The Balaban J connectivity index is 1.04. The van der Waals surface area contributed by atoms with Crippen LogP contribution in [0.4, 0.5) is 21.0 Å². The van der Waals surface area contributed by atoms with Gasteiger partial charge in [0.2, 0.25) is 5.91 Å². The third-order valence-corrected chi connectivity index (χ3v) is 22.8. The molecule has 4 aliphatic heterocycles. The lowest BCUT2D eigenvalue weighted by Gasteiger charge is -2.44. The van der Waals surface area contributed by atoms with Crippen LogP contribution in [0, 0.1) is 30.6 Å². The van der Waals surface area contributed by atoms with Crippen LogP contribution in [-0.4, -0.2) is 123 Å². The van der Waals surface area contributed by atoms with Crippen molar-refractivity contribution in [3.63, 3.8) is 0 Å². The maximum absolute atomic E-state index is 14.8. The van der Waals surface area contributed by atoms with Crippen LogP contribution in [0.2, 0.25) is 18.1 Å². The second-order valence-corrected chi connectivity index (χ2v) is 32.1. The van der Waals surface area contributed by atoms with E-state index in [0.29, 0.717) is 52.0 Å². The molecule has 99 heavy (non-hydrogen) atoms. The topological polar surface area (TPSA) is 235 Å². The van der Waals surface area contributed by atoms with E-state index in [2.05, 4.69) is 70.8 Å². The molecule has 22 heteroatoms. The fourth-order valence-corrected chi connectivity index (χ4v) is 13.2. The first-order chi connectivity index (χ1) is 47.0. The molecule has 0 unspecified atom stereocenters. The lowest BCUT2D eigenvalue weighted by Crippen LogP contribution is -2.57. The highest BCUT2D eigenvalue weighted by atomic mass is 28.4. The molecule has 0 fully saturated rings. The summed E-state index contributed by atoms with van der Waals surface area (Å²) in [7, 11) is -1.19. The highest BCUT2D eigenvalue weighted by Gasteiger charge is 2.51. The number of fused-ring (bicyclic) bond motifs is 4. The number of hydrogen-bond acceptors (Lipinski definition) is 16. The van der Waals surface area contributed by atoms with Gasteiger partial charge in [0.15, 0.2) is 31.8 Å². The summed E-state index contributed by atoms with van der Waals surface area (Å²) < 4.78 is 48.4. The van der Waals surface area contributed by atoms with Crippen LogP contribution in [0.15, 0.2) is 128 Å². The Bertz CT molecular complexity index is 3910. The van der Waals surface area contributed by atoms with E-state index < -0.39 is 68.6 Å². The minimum atomic E-state index is -2.65. The lowest BCUT2D eigenvalue weighted by atomic mass is 9.91. The van der Waals surface area contributed by atoms with Crippen LogP contribution in [0.25, 0.3) is 0 Å². The average molecular weight is 1370 g/mol. The Labute approximate surface area is 582 Å². The number of Topliss-reactive ketones (excluding diaryl/α,β-unsaturated/α-hetero) is 1. The van der Waals surface area contributed by atoms with E-state index >= 15 is 0 Å². The first-order valence-electron chi connectivity index (χ1n) is 33.4. The molecule has 1 N–H and O–H groups in total. The highest BCUT2D eigenvalue weighted by Crippen LogP contribution is 2.46. The van der Waals surface area contributed by atoms with E-state index in [-0.39, 0.29) is 134 Å². The minimum Gasteiger partial charge on any atom is -0.493 e. The fraction of sp³-hybridized carbons (Fsp3) is 0.429. The monoisotopic (exact) mass is 1370 g/mol. The van der Waals surface area contributed by atoms with E-state index in [9.17, 15) is 38.4 Å². The number of methoxy groups -OCH3 is 1. The molecule has 0 radical (unpaired) electrons. The van der Waals surface area contributed by atoms with Crippen molar-refractivity contribution >= 4 is 67.3 Å². The van der Waals surface area contributed by atoms with Gasteiger partial charge < -0.3 is 52.7 Å². The average Bonchev–Trinajstić information content (AvgIpc) is 1.62. The van der Waals surface area contributed by atoms with Gasteiger partial charge in [-0.25, -0.2) is 14.5 Å². The molecular formula is C77H93N5O16Si. The predicted octanol–water partition coefficient (Wildman–Crippen LogP) is 13.3. The maximum atomic E-state index is 14.8. The number of nitrogens with zero attached hydrogens (tertiary/aromatic N) is 4. The smallest absolute Gasteiger partial charge is 0.416 e.